The average molecular weight is 370 g/mol. The molecule has 1 aliphatic heterocycles. The van der Waals surface area contributed by atoms with Crippen LogP contribution in [0.3, 0.4) is 0 Å². The lowest BCUT2D eigenvalue weighted by Crippen LogP contribution is -2.32. The average Bonchev–Trinajstić information content (AvgIpc) is 3.01. The smallest absolute Gasteiger partial charge is 0.0622 e. The van der Waals surface area contributed by atoms with Gasteiger partial charge in [-0.1, -0.05) is 49.6 Å². The summed E-state index contributed by atoms with van der Waals surface area (Å²) in [7, 11) is -0.907. The normalized spacial score (nSPS) is 40.8. The molecular formula is C25H38P+. The molecule has 0 radical (unpaired) electrons. The zero-order valence-corrected chi connectivity index (χ0v) is 17.5. The van der Waals surface area contributed by atoms with Crippen LogP contribution in [0.2, 0.25) is 0 Å². The summed E-state index contributed by atoms with van der Waals surface area (Å²) in [6, 6.07) is 11.8. The van der Waals surface area contributed by atoms with Crippen LogP contribution in [-0.2, 0) is 6.16 Å². The first-order valence-corrected chi connectivity index (χ1v) is 14.0. The van der Waals surface area contributed by atoms with Crippen LogP contribution in [0.4, 0.5) is 0 Å². The van der Waals surface area contributed by atoms with Gasteiger partial charge in [-0.25, -0.2) is 0 Å². The molecule has 5 rings (SSSR count). The van der Waals surface area contributed by atoms with Crippen molar-refractivity contribution in [3.63, 3.8) is 0 Å². The van der Waals surface area contributed by atoms with Crippen LogP contribution in [0.1, 0.15) is 89.0 Å². The third kappa shape index (κ3) is 2.90. The summed E-state index contributed by atoms with van der Waals surface area (Å²) in [4.78, 5) is 0. The van der Waals surface area contributed by atoms with Gasteiger partial charge in [-0.2, -0.15) is 0 Å². The van der Waals surface area contributed by atoms with Gasteiger partial charge in [0.05, 0.1) is 23.1 Å². The molecule has 1 aromatic rings. The van der Waals surface area contributed by atoms with Gasteiger partial charge in [-0.15, -0.1) is 0 Å². The van der Waals surface area contributed by atoms with E-state index in [1.54, 1.807) is 69.8 Å². The number of hydrogen-bond acceptors (Lipinski definition) is 0. The van der Waals surface area contributed by atoms with Crippen LogP contribution in [0.5, 0.6) is 0 Å². The molecule has 26 heavy (non-hydrogen) atoms. The number of benzene rings is 1. The summed E-state index contributed by atoms with van der Waals surface area (Å²) in [5.41, 5.74) is 5.15. The van der Waals surface area contributed by atoms with Crippen LogP contribution in [0.25, 0.3) is 0 Å². The maximum Gasteiger partial charge on any atom is 0.0851 e. The molecule has 1 heteroatoms. The number of rotatable bonds is 3. The van der Waals surface area contributed by atoms with E-state index in [1.807, 2.05) is 0 Å². The predicted octanol–water partition coefficient (Wildman–Crippen LogP) is 7.67. The monoisotopic (exact) mass is 369 g/mol. The summed E-state index contributed by atoms with van der Waals surface area (Å²) in [5, 5.41) is 0. The Morgan fingerprint density at radius 1 is 0.615 bits per heavy atom. The molecule has 0 nitrogen and oxygen atoms in total. The lowest BCUT2D eigenvalue weighted by atomic mass is 9.73. The van der Waals surface area contributed by atoms with E-state index in [1.165, 1.54) is 25.4 Å². The Hall–Kier alpha value is -0.350. The first kappa shape index (κ1) is 17.7. The largest absolute Gasteiger partial charge is 0.0851 e. The molecule has 3 saturated carbocycles. The molecule has 0 amide bonds. The molecule has 4 fully saturated rings. The van der Waals surface area contributed by atoms with Gasteiger partial charge in [-0.3, -0.25) is 0 Å². The summed E-state index contributed by atoms with van der Waals surface area (Å²) >= 11 is 0. The van der Waals surface area contributed by atoms with Gasteiger partial charge in [0.1, 0.15) is 0 Å². The van der Waals surface area contributed by atoms with Crippen molar-refractivity contribution >= 4 is 7.26 Å². The van der Waals surface area contributed by atoms with Crippen molar-refractivity contribution in [2.45, 2.75) is 107 Å². The van der Waals surface area contributed by atoms with Crippen LogP contribution in [-0.4, -0.2) is 17.0 Å². The molecule has 4 atom stereocenters. The maximum atomic E-state index is 2.47. The molecular weight excluding hydrogens is 331 g/mol. The summed E-state index contributed by atoms with van der Waals surface area (Å²) in [5.74, 6) is 2.26. The Labute approximate surface area is 161 Å². The first-order chi connectivity index (χ1) is 12.9. The van der Waals surface area contributed by atoms with Gasteiger partial charge < -0.3 is 0 Å². The van der Waals surface area contributed by atoms with Crippen molar-refractivity contribution in [1.82, 2.24) is 0 Å². The highest BCUT2D eigenvalue weighted by Crippen LogP contribution is 2.85. The molecule has 142 valence electrons. The van der Waals surface area contributed by atoms with E-state index in [0.29, 0.717) is 0 Å². The molecule has 0 aromatic heterocycles. The highest BCUT2D eigenvalue weighted by molar-refractivity contribution is 7.77. The van der Waals surface area contributed by atoms with Crippen LogP contribution in [0.15, 0.2) is 30.3 Å². The fourth-order valence-electron chi connectivity index (χ4n) is 8.09. The quantitative estimate of drug-likeness (QED) is 0.480. The molecule has 1 heterocycles. The van der Waals surface area contributed by atoms with Gasteiger partial charge in [0.15, 0.2) is 0 Å². The zero-order valence-electron chi connectivity index (χ0n) is 16.6. The van der Waals surface area contributed by atoms with Gasteiger partial charge in [0.25, 0.3) is 0 Å². The van der Waals surface area contributed by atoms with E-state index in [-0.39, 0.29) is 0 Å². The Balaban J connectivity index is 1.58. The molecule has 0 bridgehead atoms. The summed E-state index contributed by atoms with van der Waals surface area (Å²) in [6.45, 7) is 0. The van der Waals surface area contributed by atoms with Crippen molar-refractivity contribution in [1.29, 1.82) is 0 Å². The predicted molar refractivity (Wildman–Crippen MR) is 115 cm³/mol. The highest BCUT2D eigenvalue weighted by Gasteiger charge is 2.68. The fraction of sp³-hybridized carbons (Fsp3) is 0.760. The molecule has 4 unspecified atom stereocenters. The minimum atomic E-state index is -0.907. The van der Waals surface area contributed by atoms with E-state index in [9.17, 15) is 0 Å². The fourth-order valence-corrected chi connectivity index (χ4v) is 16.1. The van der Waals surface area contributed by atoms with E-state index in [4.69, 9.17) is 0 Å². The summed E-state index contributed by atoms with van der Waals surface area (Å²) < 4.78 is 0. The van der Waals surface area contributed by atoms with Gasteiger partial charge >= 0.3 is 0 Å². The Kier molecular flexibility index (Phi) is 5.17. The Morgan fingerprint density at radius 2 is 1.15 bits per heavy atom. The lowest BCUT2D eigenvalue weighted by molar-refractivity contribution is 0.231. The van der Waals surface area contributed by atoms with E-state index in [0.717, 1.165) is 28.8 Å². The topological polar surface area (TPSA) is 0 Å². The number of fused-ring (bicyclic) bond motifs is 3. The van der Waals surface area contributed by atoms with Gasteiger partial charge in [0, 0.05) is 19.1 Å². The van der Waals surface area contributed by atoms with Gasteiger partial charge in [0.2, 0.25) is 0 Å². The van der Waals surface area contributed by atoms with Crippen LogP contribution in [0, 0.1) is 11.8 Å². The molecule has 1 aromatic carbocycles. The van der Waals surface area contributed by atoms with Crippen molar-refractivity contribution in [3.8, 4) is 0 Å². The molecule has 1 saturated heterocycles. The minimum Gasteiger partial charge on any atom is -0.0622 e. The first-order valence-electron chi connectivity index (χ1n) is 11.8. The van der Waals surface area contributed by atoms with E-state index >= 15 is 0 Å². The second-order valence-electron chi connectivity index (χ2n) is 9.96. The molecule has 4 aliphatic rings. The third-order valence-corrected chi connectivity index (χ3v) is 15.4. The number of hydrogen-bond donors (Lipinski definition) is 0. The highest BCUT2D eigenvalue weighted by atomic mass is 31.2. The van der Waals surface area contributed by atoms with Crippen molar-refractivity contribution < 1.29 is 0 Å². The van der Waals surface area contributed by atoms with E-state index < -0.39 is 7.26 Å². The SMILES string of the molecule is c1ccc(C[P+]2(C3CCCCC3)C3CCCCC3C3CCCCC32)cc1. The maximum absolute atomic E-state index is 2.47. The third-order valence-electron chi connectivity index (χ3n) is 8.90. The van der Waals surface area contributed by atoms with Crippen molar-refractivity contribution in [2.24, 2.45) is 11.8 Å². The van der Waals surface area contributed by atoms with E-state index in [2.05, 4.69) is 30.3 Å². The second kappa shape index (κ2) is 7.58. The van der Waals surface area contributed by atoms with Crippen molar-refractivity contribution in [2.75, 3.05) is 0 Å². The van der Waals surface area contributed by atoms with Crippen LogP contribution < -0.4 is 0 Å². The second-order valence-corrected chi connectivity index (χ2v) is 14.3. The standard InChI is InChI=1S/C25H38P/c1-3-11-20(12-4-1)19-26(21-13-5-2-6-14-21)24-17-9-7-15-22(24)23-16-8-10-18-25(23)26/h1,3-4,11-12,21-25H,2,5-10,13-19H2/q+1. The lowest BCUT2D eigenvalue weighted by Gasteiger charge is -2.44. The Morgan fingerprint density at radius 3 is 1.77 bits per heavy atom. The Bertz CT molecular complexity index is 565. The molecule has 0 N–H and O–H groups in total. The molecule has 0 spiro atoms. The summed E-state index contributed by atoms with van der Waals surface area (Å²) in [6.07, 6.45) is 21.9. The van der Waals surface area contributed by atoms with Crippen LogP contribution >= 0.6 is 7.26 Å². The molecule has 3 aliphatic carbocycles. The minimum absolute atomic E-state index is 0.907. The zero-order chi connectivity index (χ0) is 17.4. The van der Waals surface area contributed by atoms with Crippen molar-refractivity contribution in [3.05, 3.63) is 35.9 Å². The van der Waals surface area contributed by atoms with Gasteiger partial charge in [-0.05, 0) is 69.8 Å².